The van der Waals surface area contributed by atoms with Crippen LogP contribution in [0, 0.1) is 6.92 Å². The highest BCUT2D eigenvalue weighted by Crippen LogP contribution is 2.15. The normalized spacial score (nSPS) is 10.8. The van der Waals surface area contributed by atoms with Gasteiger partial charge < -0.3 is 9.84 Å². The molecule has 0 unspecified atom stereocenters. The van der Waals surface area contributed by atoms with Gasteiger partial charge in [0.05, 0.1) is 6.54 Å². The molecule has 2 aromatic rings. The number of nitrogens with one attached hydrogen (secondary N) is 1. The zero-order valence-electron chi connectivity index (χ0n) is 10.3. The van der Waals surface area contributed by atoms with Gasteiger partial charge in [0.15, 0.2) is 5.82 Å². The van der Waals surface area contributed by atoms with Crippen molar-refractivity contribution in [3.63, 3.8) is 0 Å². The summed E-state index contributed by atoms with van der Waals surface area (Å²) < 4.78 is 4.88. The number of aromatic nitrogens is 2. The molecule has 6 heteroatoms. The van der Waals surface area contributed by atoms with Crippen LogP contribution in [-0.4, -0.2) is 16.0 Å². The van der Waals surface area contributed by atoms with Crippen LogP contribution < -0.4 is 5.32 Å². The Balaban J connectivity index is 1.89. The van der Waals surface area contributed by atoms with Crippen molar-refractivity contribution in [1.29, 1.82) is 0 Å². The number of halogens is 1. The number of carbonyl (C=O) groups is 1. The molecule has 0 aliphatic heterocycles. The van der Waals surface area contributed by atoms with Crippen molar-refractivity contribution in [3.8, 4) is 0 Å². The van der Waals surface area contributed by atoms with E-state index >= 15 is 0 Å². The maximum absolute atomic E-state index is 11.6. The van der Waals surface area contributed by atoms with Crippen molar-refractivity contribution in [2.75, 3.05) is 0 Å². The first kappa shape index (κ1) is 13.3. The summed E-state index contributed by atoms with van der Waals surface area (Å²) in [5.74, 6) is 0.656. The molecule has 19 heavy (non-hydrogen) atoms. The third kappa shape index (κ3) is 3.93. The standard InChI is InChI=1S/C13H12ClN3O2/c1-9-16-13(19-17-9)8-15-12(18)7-6-10-4-2-3-5-11(10)14/h2-7H,8H2,1H3,(H,15,18)/b7-6+. The van der Waals surface area contributed by atoms with Crippen LogP contribution in [0.1, 0.15) is 17.3 Å². The van der Waals surface area contributed by atoms with Crippen LogP contribution in [0.15, 0.2) is 34.9 Å². The summed E-state index contributed by atoms with van der Waals surface area (Å²) in [6.45, 7) is 1.92. The number of amides is 1. The van der Waals surface area contributed by atoms with Crippen molar-refractivity contribution in [2.45, 2.75) is 13.5 Å². The number of hydrogen-bond donors (Lipinski definition) is 1. The minimum absolute atomic E-state index is 0.201. The van der Waals surface area contributed by atoms with Gasteiger partial charge >= 0.3 is 0 Å². The highest BCUT2D eigenvalue weighted by Gasteiger charge is 2.03. The average Bonchev–Trinajstić information content (AvgIpc) is 2.81. The summed E-state index contributed by atoms with van der Waals surface area (Å²) in [5.41, 5.74) is 0.785. The number of rotatable bonds is 4. The molecule has 5 nitrogen and oxygen atoms in total. The molecule has 1 aromatic carbocycles. The van der Waals surface area contributed by atoms with Gasteiger partial charge in [-0.3, -0.25) is 4.79 Å². The van der Waals surface area contributed by atoms with Crippen LogP contribution >= 0.6 is 11.6 Å². The maximum Gasteiger partial charge on any atom is 0.246 e. The number of carbonyl (C=O) groups excluding carboxylic acids is 1. The van der Waals surface area contributed by atoms with E-state index < -0.39 is 0 Å². The van der Waals surface area contributed by atoms with Gasteiger partial charge in [-0.15, -0.1) is 0 Å². The van der Waals surface area contributed by atoms with Crippen LogP contribution in [0.4, 0.5) is 0 Å². The molecule has 0 spiro atoms. The van der Waals surface area contributed by atoms with Gasteiger partial charge in [-0.1, -0.05) is 35.0 Å². The summed E-state index contributed by atoms with van der Waals surface area (Å²) >= 11 is 5.97. The molecule has 0 saturated heterocycles. The molecule has 0 radical (unpaired) electrons. The fourth-order valence-corrected chi connectivity index (χ4v) is 1.61. The van der Waals surface area contributed by atoms with Crippen molar-refractivity contribution in [2.24, 2.45) is 0 Å². The number of nitrogens with zero attached hydrogens (tertiary/aromatic N) is 2. The summed E-state index contributed by atoms with van der Waals surface area (Å²) in [4.78, 5) is 15.6. The highest BCUT2D eigenvalue weighted by atomic mass is 35.5. The second-order valence-corrected chi connectivity index (χ2v) is 4.22. The van der Waals surface area contributed by atoms with E-state index in [9.17, 15) is 4.79 Å². The molecule has 0 saturated carbocycles. The Kier molecular flexibility index (Phi) is 4.30. The average molecular weight is 278 g/mol. The topological polar surface area (TPSA) is 68.0 Å². The molecule has 0 fully saturated rings. The van der Waals surface area contributed by atoms with E-state index in [2.05, 4.69) is 15.5 Å². The molecule has 1 heterocycles. The van der Waals surface area contributed by atoms with Gasteiger partial charge in [-0.05, 0) is 24.6 Å². The number of hydrogen-bond acceptors (Lipinski definition) is 4. The van der Waals surface area contributed by atoms with E-state index in [1.807, 2.05) is 18.2 Å². The molecule has 98 valence electrons. The summed E-state index contributed by atoms with van der Waals surface area (Å²) in [6.07, 6.45) is 3.06. The number of benzene rings is 1. The summed E-state index contributed by atoms with van der Waals surface area (Å²) in [5, 5.41) is 6.86. The predicted octanol–water partition coefficient (Wildman–Crippen LogP) is 2.36. The van der Waals surface area contributed by atoms with Crippen molar-refractivity contribution < 1.29 is 9.32 Å². The maximum atomic E-state index is 11.6. The third-order valence-corrected chi connectivity index (χ3v) is 2.65. The van der Waals surface area contributed by atoms with E-state index in [-0.39, 0.29) is 12.5 Å². The predicted molar refractivity (Wildman–Crippen MR) is 71.4 cm³/mol. The second kappa shape index (κ2) is 6.15. The van der Waals surface area contributed by atoms with Crippen molar-refractivity contribution in [3.05, 3.63) is 52.6 Å². The lowest BCUT2D eigenvalue weighted by Crippen LogP contribution is -2.20. The first-order valence-corrected chi connectivity index (χ1v) is 6.02. The molecule has 1 N–H and O–H groups in total. The third-order valence-electron chi connectivity index (χ3n) is 2.30. The second-order valence-electron chi connectivity index (χ2n) is 3.81. The molecule has 0 bridgehead atoms. The van der Waals surface area contributed by atoms with E-state index in [0.717, 1.165) is 5.56 Å². The van der Waals surface area contributed by atoms with E-state index in [1.165, 1.54) is 6.08 Å². The fourth-order valence-electron chi connectivity index (χ4n) is 1.41. The fraction of sp³-hybridized carbons (Fsp3) is 0.154. The lowest BCUT2D eigenvalue weighted by molar-refractivity contribution is -0.116. The SMILES string of the molecule is Cc1noc(CNC(=O)/C=C/c2ccccc2Cl)n1. The molecule has 1 aromatic heterocycles. The van der Waals surface area contributed by atoms with Crippen LogP contribution in [0.5, 0.6) is 0 Å². The van der Waals surface area contributed by atoms with E-state index in [1.54, 1.807) is 19.1 Å². The van der Waals surface area contributed by atoms with Gasteiger partial charge in [-0.25, -0.2) is 0 Å². The Hall–Kier alpha value is -2.14. The number of aryl methyl sites for hydroxylation is 1. The van der Waals surface area contributed by atoms with Crippen LogP contribution in [0.3, 0.4) is 0 Å². The monoisotopic (exact) mass is 277 g/mol. The van der Waals surface area contributed by atoms with Crippen LogP contribution in [-0.2, 0) is 11.3 Å². The Morgan fingerprint density at radius 3 is 2.95 bits per heavy atom. The smallest absolute Gasteiger partial charge is 0.246 e. The van der Waals surface area contributed by atoms with Gasteiger partial charge in [0.25, 0.3) is 0 Å². The quantitative estimate of drug-likeness (QED) is 0.871. The van der Waals surface area contributed by atoms with E-state index in [0.29, 0.717) is 16.7 Å². The molecule has 1 amide bonds. The van der Waals surface area contributed by atoms with Crippen LogP contribution in [0.25, 0.3) is 6.08 Å². The minimum atomic E-state index is -0.254. The first-order chi connectivity index (χ1) is 9.15. The van der Waals surface area contributed by atoms with Crippen molar-refractivity contribution >= 4 is 23.6 Å². The molecular formula is C13H12ClN3O2. The molecule has 0 aliphatic rings. The minimum Gasteiger partial charge on any atom is -0.343 e. The Morgan fingerprint density at radius 2 is 2.26 bits per heavy atom. The highest BCUT2D eigenvalue weighted by molar-refractivity contribution is 6.32. The van der Waals surface area contributed by atoms with Crippen LogP contribution in [0.2, 0.25) is 5.02 Å². The Labute approximate surface area is 115 Å². The summed E-state index contributed by atoms with van der Waals surface area (Å²) in [7, 11) is 0. The van der Waals surface area contributed by atoms with Gasteiger partial charge in [0, 0.05) is 11.1 Å². The summed E-state index contributed by atoms with van der Waals surface area (Å²) in [6, 6.07) is 7.27. The molecule has 0 aliphatic carbocycles. The zero-order chi connectivity index (χ0) is 13.7. The van der Waals surface area contributed by atoms with Gasteiger partial charge in [0.2, 0.25) is 11.8 Å². The Bertz CT molecular complexity index is 607. The molecule has 0 atom stereocenters. The molecule has 2 rings (SSSR count). The zero-order valence-corrected chi connectivity index (χ0v) is 11.0. The Morgan fingerprint density at radius 1 is 1.47 bits per heavy atom. The lowest BCUT2D eigenvalue weighted by Gasteiger charge is -1.98. The van der Waals surface area contributed by atoms with Crippen molar-refractivity contribution in [1.82, 2.24) is 15.5 Å². The van der Waals surface area contributed by atoms with Gasteiger partial charge in [0.1, 0.15) is 0 Å². The lowest BCUT2D eigenvalue weighted by atomic mass is 10.2. The van der Waals surface area contributed by atoms with Gasteiger partial charge in [-0.2, -0.15) is 4.98 Å². The largest absolute Gasteiger partial charge is 0.343 e. The van der Waals surface area contributed by atoms with E-state index in [4.69, 9.17) is 16.1 Å². The first-order valence-electron chi connectivity index (χ1n) is 5.65. The molecular weight excluding hydrogens is 266 g/mol.